The van der Waals surface area contributed by atoms with E-state index in [4.69, 9.17) is 4.74 Å². The first-order valence-corrected chi connectivity index (χ1v) is 12.8. The first-order valence-electron chi connectivity index (χ1n) is 11.8. The van der Waals surface area contributed by atoms with Crippen molar-refractivity contribution in [2.75, 3.05) is 5.75 Å². The van der Waals surface area contributed by atoms with Crippen LogP contribution in [0, 0.1) is 0 Å². The molecule has 1 heterocycles. The van der Waals surface area contributed by atoms with Gasteiger partial charge in [0, 0.05) is 18.2 Å². The third kappa shape index (κ3) is 6.95. The largest absolute Gasteiger partial charge is 0.426 e. The quantitative estimate of drug-likeness (QED) is 0.185. The third-order valence-electron chi connectivity index (χ3n) is 5.60. The van der Waals surface area contributed by atoms with Crippen molar-refractivity contribution >= 4 is 29.4 Å². The highest BCUT2D eigenvalue weighted by Crippen LogP contribution is 2.30. The zero-order valence-corrected chi connectivity index (χ0v) is 21.4. The Hall–Kier alpha value is -4.17. The molecule has 0 aliphatic carbocycles. The van der Waals surface area contributed by atoms with Gasteiger partial charge >= 0.3 is 5.97 Å². The van der Waals surface area contributed by atoms with E-state index in [1.54, 1.807) is 24.3 Å². The molecule has 0 saturated heterocycles. The fourth-order valence-electron chi connectivity index (χ4n) is 3.83. The van der Waals surface area contributed by atoms with Crippen LogP contribution in [0.3, 0.4) is 0 Å². The molecule has 0 spiro atoms. The van der Waals surface area contributed by atoms with Crippen LogP contribution in [0.15, 0.2) is 96.3 Å². The number of carbonyl (C=O) groups is 3. The summed E-state index contributed by atoms with van der Waals surface area (Å²) < 4.78 is 7.54. The van der Waals surface area contributed by atoms with Gasteiger partial charge in [0.05, 0.1) is 23.7 Å². The summed E-state index contributed by atoms with van der Waals surface area (Å²) in [6, 6.07) is 26.2. The number of esters is 1. The smallest absolute Gasteiger partial charge is 0.321 e. The highest BCUT2D eigenvalue weighted by Gasteiger charge is 2.17. The summed E-state index contributed by atoms with van der Waals surface area (Å²) in [5.41, 5.74) is 3.76. The van der Waals surface area contributed by atoms with E-state index in [9.17, 15) is 14.4 Å². The number of hydrogen-bond donors (Lipinski definition) is 1. The Labute approximate surface area is 219 Å². The average molecular weight is 514 g/mol. The molecule has 0 radical (unpaired) electrons. The molecule has 4 rings (SSSR count). The lowest BCUT2D eigenvalue weighted by Crippen LogP contribution is -2.40. The van der Waals surface area contributed by atoms with Gasteiger partial charge in [0.15, 0.2) is 10.9 Å². The molecule has 8 heteroatoms. The molecule has 0 bridgehead atoms. The second kappa shape index (κ2) is 12.2. The Kier molecular flexibility index (Phi) is 8.53. The number of amides is 1. The Bertz CT molecular complexity index is 1370. The molecular formula is C29H27N3O4S. The molecule has 0 saturated carbocycles. The summed E-state index contributed by atoms with van der Waals surface area (Å²) in [4.78, 5) is 40.3. The average Bonchev–Trinajstić information content (AvgIpc) is 3.33. The van der Waals surface area contributed by atoms with Crippen LogP contribution < -0.4 is 10.1 Å². The zero-order chi connectivity index (χ0) is 26.2. The van der Waals surface area contributed by atoms with Crippen LogP contribution in [0.1, 0.15) is 19.4 Å². The van der Waals surface area contributed by atoms with Crippen LogP contribution in [-0.4, -0.2) is 39.0 Å². The molecule has 4 aromatic rings. The van der Waals surface area contributed by atoms with Crippen molar-refractivity contribution in [2.45, 2.75) is 31.5 Å². The summed E-state index contributed by atoms with van der Waals surface area (Å²) in [5.74, 6) is -0.292. The Balaban J connectivity index is 1.42. The standard InChI is InChI=1S/C29H27N3O4S/c1-20(33)26(31-21(2)34)17-22-13-15-25(16-14-22)36-28(35)19-37-29-30-18-27(23-9-5-3-6-10-23)32(29)24-11-7-4-8-12-24/h3-16,18,26H,17,19H2,1-2H3,(H,31,34)/t26-/m0/s1. The fourth-order valence-corrected chi connectivity index (χ4v) is 4.60. The van der Waals surface area contributed by atoms with E-state index in [1.807, 2.05) is 71.4 Å². The number of hydrogen-bond acceptors (Lipinski definition) is 6. The normalized spacial score (nSPS) is 11.5. The number of benzene rings is 3. The van der Waals surface area contributed by atoms with Crippen molar-refractivity contribution in [1.29, 1.82) is 0 Å². The molecule has 37 heavy (non-hydrogen) atoms. The summed E-state index contributed by atoms with van der Waals surface area (Å²) in [6.07, 6.45) is 2.18. The van der Waals surface area contributed by atoms with Crippen LogP contribution in [0.2, 0.25) is 0 Å². The van der Waals surface area contributed by atoms with E-state index >= 15 is 0 Å². The van der Waals surface area contributed by atoms with Gasteiger partial charge < -0.3 is 10.1 Å². The molecule has 0 fully saturated rings. The maximum Gasteiger partial charge on any atom is 0.321 e. The van der Waals surface area contributed by atoms with Gasteiger partial charge in [-0.15, -0.1) is 0 Å². The maximum absolute atomic E-state index is 12.6. The fraction of sp³-hybridized carbons (Fsp3) is 0.172. The van der Waals surface area contributed by atoms with E-state index in [0.29, 0.717) is 17.3 Å². The lowest BCUT2D eigenvalue weighted by Gasteiger charge is -2.15. The number of carbonyl (C=O) groups excluding carboxylic acids is 3. The van der Waals surface area contributed by atoms with Crippen molar-refractivity contribution in [3.05, 3.63) is 96.7 Å². The van der Waals surface area contributed by atoms with Crippen molar-refractivity contribution in [2.24, 2.45) is 0 Å². The monoisotopic (exact) mass is 513 g/mol. The number of nitrogens with zero attached hydrogens (tertiary/aromatic N) is 2. The molecule has 0 aliphatic rings. The zero-order valence-electron chi connectivity index (χ0n) is 20.6. The highest BCUT2D eigenvalue weighted by atomic mass is 32.2. The van der Waals surface area contributed by atoms with Crippen LogP contribution in [0.5, 0.6) is 5.75 Å². The number of nitrogens with one attached hydrogen (secondary N) is 1. The van der Waals surface area contributed by atoms with Crippen LogP contribution in [-0.2, 0) is 20.8 Å². The van der Waals surface area contributed by atoms with Crippen molar-refractivity contribution in [3.8, 4) is 22.7 Å². The predicted octanol–water partition coefficient (Wildman–Crippen LogP) is 4.87. The Morgan fingerprint density at radius 3 is 2.19 bits per heavy atom. The minimum Gasteiger partial charge on any atom is -0.426 e. The molecule has 1 N–H and O–H groups in total. The molecular weight excluding hydrogens is 486 g/mol. The molecule has 7 nitrogen and oxygen atoms in total. The topological polar surface area (TPSA) is 90.3 Å². The number of imidazole rings is 1. The summed E-state index contributed by atoms with van der Waals surface area (Å²) in [5, 5.41) is 3.34. The van der Waals surface area contributed by atoms with Crippen LogP contribution >= 0.6 is 11.8 Å². The number of rotatable bonds is 10. The molecule has 1 atom stereocenters. The predicted molar refractivity (Wildman–Crippen MR) is 144 cm³/mol. The van der Waals surface area contributed by atoms with Gasteiger partial charge in [-0.05, 0) is 43.2 Å². The Morgan fingerprint density at radius 1 is 0.919 bits per heavy atom. The molecule has 188 valence electrons. The second-order valence-corrected chi connectivity index (χ2v) is 9.38. The molecule has 1 amide bonds. The minimum absolute atomic E-state index is 0.0781. The van der Waals surface area contributed by atoms with Gasteiger partial charge in [-0.25, -0.2) is 4.98 Å². The van der Waals surface area contributed by atoms with Crippen LogP contribution in [0.4, 0.5) is 0 Å². The number of Topliss-reactive ketones (excluding diaryl/α,β-unsaturated/α-hetero) is 1. The lowest BCUT2D eigenvalue weighted by atomic mass is 10.0. The van der Waals surface area contributed by atoms with Crippen molar-refractivity contribution < 1.29 is 19.1 Å². The third-order valence-corrected chi connectivity index (χ3v) is 6.52. The summed E-state index contributed by atoms with van der Waals surface area (Å²) >= 11 is 1.30. The van der Waals surface area contributed by atoms with E-state index in [1.165, 1.54) is 25.6 Å². The molecule has 3 aromatic carbocycles. The molecule has 0 unspecified atom stereocenters. The van der Waals surface area contributed by atoms with Crippen LogP contribution in [0.25, 0.3) is 16.9 Å². The maximum atomic E-state index is 12.6. The number of para-hydroxylation sites is 1. The van der Waals surface area contributed by atoms with E-state index in [0.717, 1.165) is 22.5 Å². The van der Waals surface area contributed by atoms with Gasteiger partial charge in [0.25, 0.3) is 0 Å². The van der Waals surface area contributed by atoms with Crippen molar-refractivity contribution in [1.82, 2.24) is 14.9 Å². The first-order chi connectivity index (χ1) is 17.9. The summed E-state index contributed by atoms with van der Waals surface area (Å²) in [6.45, 7) is 2.82. The molecule has 1 aromatic heterocycles. The number of thioether (sulfide) groups is 1. The first kappa shape index (κ1) is 25.9. The number of ketones is 1. The minimum atomic E-state index is -0.587. The van der Waals surface area contributed by atoms with E-state index in [-0.39, 0.29) is 17.4 Å². The van der Waals surface area contributed by atoms with E-state index < -0.39 is 12.0 Å². The van der Waals surface area contributed by atoms with Gasteiger partial charge in [-0.2, -0.15) is 0 Å². The molecule has 0 aliphatic heterocycles. The highest BCUT2D eigenvalue weighted by molar-refractivity contribution is 7.99. The lowest BCUT2D eigenvalue weighted by molar-refractivity contribution is -0.131. The number of aromatic nitrogens is 2. The SMILES string of the molecule is CC(=O)N[C@@H](Cc1ccc(OC(=O)CSc2ncc(-c3ccccc3)n2-c2ccccc2)cc1)C(C)=O. The Morgan fingerprint density at radius 2 is 1.57 bits per heavy atom. The van der Waals surface area contributed by atoms with Gasteiger partial charge in [-0.3, -0.25) is 19.0 Å². The van der Waals surface area contributed by atoms with Gasteiger partial charge in [0.1, 0.15) is 5.75 Å². The van der Waals surface area contributed by atoms with Gasteiger partial charge in [-0.1, -0.05) is 72.4 Å². The van der Waals surface area contributed by atoms with Gasteiger partial charge in [0.2, 0.25) is 5.91 Å². The van der Waals surface area contributed by atoms with Crippen molar-refractivity contribution in [3.63, 3.8) is 0 Å². The number of ether oxygens (including phenoxy) is 1. The summed E-state index contributed by atoms with van der Waals surface area (Å²) in [7, 11) is 0. The second-order valence-electron chi connectivity index (χ2n) is 8.44. The van der Waals surface area contributed by atoms with E-state index in [2.05, 4.69) is 10.3 Å².